The minimum Gasteiger partial charge on any atom is -0.550 e. The highest BCUT2D eigenvalue weighted by molar-refractivity contribution is 5.79. The Morgan fingerprint density at radius 1 is 1.04 bits per heavy atom. The highest BCUT2D eigenvalue weighted by Gasteiger charge is 2.18. The van der Waals surface area contributed by atoms with Crippen LogP contribution in [0, 0.1) is 0 Å². The Bertz CT molecular complexity index is 808. The SMILES string of the molecule is COc1ccccc1OCC(=O)NC(CC(=O)[O-])c1ccc(C(C)(C)C)cc1. The van der Waals surface area contributed by atoms with Crippen molar-refractivity contribution in [1.29, 1.82) is 0 Å². The van der Waals surface area contributed by atoms with Crippen molar-refractivity contribution < 1.29 is 24.2 Å². The molecular weight excluding hydrogens is 358 g/mol. The maximum atomic E-state index is 12.3. The number of methoxy groups -OCH3 is 1. The monoisotopic (exact) mass is 384 g/mol. The molecule has 1 N–H and O–H groups in total. The van der Waals surface area contributed by atoms with Gasteiger partial charge in [-0.15, -0.1) is 0 Å². The van der Waals surface area contributed by atoms with E-state index in [-0.39, 0.29) is 18.4 Å². The van der Waals surface area contributed by atoms with Crippen LogP contribution in [-0.2, 0) is 15.0 Å². The molecule has 0 fully saturated rings. The summed E-state index contributed by atoms with van der Waals surface area (Å²) in [5, 5.41) is 13.8. The van der Waals surface area contributed by atoms with Gasteiger partial charge >= 0.3 is 0 Å². The van der Waals surface area contributed by atoms with Gasteiger partial charge in [0.2, 0.25) is 0 Å². The lowest BCUT2D eigenvalue weighted by Gasteiger charge is -2.23. The molecule has 1 unspecified atom stereocenters. The van der Waals surface area contributed by atoms with Gasteiger partial charge in [-0.1, -0.05) is 57.2 Å². The number of benzene rings is 2. The number of carbonyl (C=O) groups excluding carboxylic acids is 2. The molecule has 28 heavy (non-hydrogen) atoms. The van der Waals surface area contributed by atoms with Gasteiger partial charge in [0.15, 0.2) is 18.1 Å². The Morgan fingerprint density at radius 3 is 2.18 bits per heavy atom. The first-order chi connectivity index (χ1) is 13.2. The van der Waals surface area contributed by atoms with Crippen LogP contribution in [0.1, 0.15) is 44.4 Å². The van der Waals surface area contributed by atoms with Crippen LogP contribution in [-0.4, -0.2) is 25.6 Å². The molecule has 0 aromatic heterocycles. The lowest BCUT2D eigenvalue weighted by molar-refractivity contribution is -0.306. The van der Waals surface area contributed by atoms with E-state index in [1.165, 1.54) is 7.11 Å². The summed E-state index contributed by atoms with van der Waals surface area (Å²) in [6, 6.07) is 13.8. The van der Waals surface area contributed by atoms with Crippen LogP contribution in [0.25, 0.3) is 0 Å². The van der Waals surface area contributed by atoms with Crippen LogP contribution in [0.5, 0.6) is 11.5 Å². The number of para-hydroxylation sites is 2. The van der Waals surface area contributed by atoms with E-state index in [4.69, 9.17) is 9.47 Å². The molecule has 2 rings (SSSR count). The van der Waals surface area contributed by atoms with Crippen LogP contribution in [0.4, 0.5) is 0 Å². The molecule has 0 saturated carbocycles. The number of rotatable bonds is 8. The molecule has 0 spiro atoms. The van der Waals surface area contributed by atoms with E-state index in [1.54, 1.807) is 24.3 Å². The maximum absolute atomic E-state index is 12.3. The summed E-state index contributed by atoms with van der Waals surface area (Å²) in [4.78, 5) is 23.5. The zero-order chi connectivity index (χ0) is 20.7. The number of carbonyl (C=O) groups is 2. The third kappa shape index (κ3) is 6.01. The van der Waals surface area contributed by atoms with Gasteiger partial charge in [-0.05, 0) is 28.7 Å². The summed E-state index contributed by atoms with van der Waals surface area (Å²) in [6.45, 7) is 6.02. The zero-order valence-electron chi connectivity index (χ0n) is 16.7. The highest BCUT2D eigenvalue weighted by atomic mass is 16.5. The summed E-state index contributed by atoms with van der Waals surface area (Å²) in [6.07, 6.45) is -0.324. The summed E-state index contributed by atoms with van der Waals surface area (Å²) < 4.78 is 10.7. The molecule has 1 amide bonds. The molecule has 0 radical (unpaired) electrons. The average molecular weight is 384 g/mol. The largest absolute Gasteiger partial charge is 0.550 e. The topological polar surface area (TPSA) is 87.7 Å². The van der Waals surface area contributed by atoms with Crippen molar-refractivity contribution in [2.45, 2.75) is 38.6 Å². The second-order valence-electron chi connectivity index (χ2n) is 7.51. The van der Waals surface area contributed by atoms with Crippen molar-refractivity contribution in [2.75, 3.05) is 13.7 Å². The van der Waals surface area contributed by atoms with Crippen molar-refractivity contribution in [1.82, 2.24) is 5.32 Å². The number of amides is 1. The minimum absolute atomic E-state index is 0.0196. The number of hydrogen-bond acceptors (Lipinski definition) is 5. The summed E-state index contributed by atoms with van der Waals surface area (Å²) in [5.41, 5.74) is 1.80. The molecule has 150 valence electrons. The van der Waals surface area contributed by atoms with Crippen molar-refractivity contribution in [3.8, 4) is 11.5 Å². The first-order valence-electron chi connectivity index (χ1n) is 9.06. The summed E-state index contributed by atoms with van der Waals surface area (Å²) in [7, 11) is 1.51. The molecule has 0 aliphatic rings. The van der Waals surface area contributed by atoms with Gasteiger partial charge in [0.05, 0.1) is 13.2 Å². The van der Waals surface area contributed by atoms with Gasteiger partial charge in [-0.2, -0.15) is 0 Å². The number of hydrogen-bond donors (Lipinski definition) is 1. The number of carboxylic acid groups (broad SMARTS) is 1. The van der Waals surface area contributed by atoms with Gasteiger partial charge in [-0.25, -0.2) is 0 Å². The molecular formula is C22H26NO5-. The van der Waals surface area contributed by atoms with Crippen molar-refractivity contribution in [3.63, 3.8) is 0 Å². The van der Waals surface area contributed by atoms with Crippen molar-refractivity contribution in [3.05, 3.63) is 59.7 Å². The molecule has 2 aromatic rings. The molecule has 0 saturated heterocycles. The van der Waals surface area contributed by atoms with Crippen LogP contribution in [0.2, 0.25) is 0 Å². The quantitative estimate of drug-likeness (QED) is 0.755. The number of nitrogens with one attached hydrogen (secondary N) is 1. The molecule has 0 aliphatic heterocycles. The lowest BCUT2D eigenvalue weighted by atomic mass is 9.86. The Balaban J connectivity index is 2.07. The lowest BCUT2D eigenvalue weighted by Crippen LogP contribution is -2.36. The summed E-state index contributed by atoms with van der Waals surface area (Å²) >= 11 is 0. The van der Waals surface area contributed by atoms with E-state index in [9.17, 15) is 14.7 Å². The Hall–Kier alpha value is -3.02. The Kier molecular flexibility index (Phi) is 7.04. The molecule has 6 heteroatoms. The van der Waals surface area contributed by atoms with Crippen LogP contribution < -0.4 is 19.9 Å². The number of ether oxygens (including phenoxy) is 2. The standard InChI is InChI=1S/C22H27NO5/c1-22(2,3)16-11-9-15(10-12-16)17(13-21(25)26)23-20(24)14-28-19-8-6-5-7-18(19)27-4/h5-12,17H,13-14H2,1-4H3,(H,23,24)(H,25,26)/p-1. The predicted octanol–water partition coefficient (Wildman–Crippen LogP) is 2.37. The van der Waals surface area contributed by atoms with E-state index in [0.717, 1.165) is 5.56 Å². The Labute approximate surface area is 165 Å². The van der Waals surface area contributed by atoms with Gasteiger partial charge in [-0.3, -0.25) is 4.79 Å². The second-order valence-corrected chi connectivity index (χ2v) is 7.51. The van der Waals surface area contributed by atoms with Gasteiger partial charge in [0.1, 0.15) is 0 Å². The molecule has 0 bridgehead atoms. The Morgan fingerprint density at radius 2 is 1.64 bits per heavy atom. The highest BCUT2D eigenvalue weighted by Crippen LogP contribution is 2.26. The fourth-order valence-electron chi connectivity index (χ4n) is 2.75. The second kappa shape index (κ2) is 9.26. The maximum Gasteiger partial charge on any atom is 0.258 e. The fraction of sp³-hybridized carbons (Fsp3) is 0.364. The molecule has 6 nitrogen and oxygen atoms in total. The molecule has 0 heterocycles. The van der Waals surface area contributed by atoms with E-state index < -0.39 is 17.9 Å². The van der Waals surface area contributed by atoms with Crippen LogP contribution in [0.3, 0.4) is 0 Å². The van der Waals surface area contributed by atoms with Gasteiger partial charge in [0, 0.05) is 12.4 Å². The average Bonchev–Trinajstić information content (AvgIpc) is 2.65. The van der Waals surface area contributed by atoms with E-state index >= 15 is 0 Å². The van der Waals surface area contributed by atoms with E-state index in [0.29, 0.717) is 17.1 Å². The molecule has 0 aliphatic carbocycles. The van der Waals surface area contributed by atoms with E-state index in [2.05, 4.69) is 26.1 Å². The van der Waals surface area contributed by atoms with Crippen LogP contribution >= 0.6 is 0 Å². The van der Waals surface area contributed by atoms with E-state index in [1.807, 2.05) is 24.3 Å². The van der Waals surface area contributed by atoms with Gasteiger partial charge < -0.3 is 24.7 Å². The number of carboxylic acids is 1. The van der Waals surface area contributed by atoms with Crippen molar-refractivity contribution in [2.24, 2.45) is 0 Å². The fourth-order valence-corrected chi connectivity index (χ4v) is 2.75. The zero-order valence-corrected chi connectivity index (χ0v) is 16.7. The molecule has 1 atom stereocenters. The van der Waals surface area contributed by atoms with Crippen LogP contribution in [0.15, 0.2) is 48.5 Å². The predicted molar refractivity (Wildman–Crippen MR) is 104 cm³/mol. The van der Waals surface area contributed by atoms with Gasteiger partial charge in [0.25, 0.3) is 5.91 Å². The summed E-state index contributed by atoms with van der Waals surface area (Å²) in [5.74, 6) is -0.724. The third-order valence-corrected chi connectivity index (χ3v) is 4.31. The first-order valence-corrected chi connectivity index (χ1v) is 9.06. The first kappa shape index (κ1) is 21.3. The third-order valence-electron chi connectivity index (χ3n) is 4.31. The minimum atomic E-state index is -1.24. The van der Waals surface area contributed by atoms with Crippen molar-refractivity contribution >= 4 is 11.9 Å². The smallest absolute Gasteiger partial charge is 0.258 e. The normalized spacial score (nSPS) is 12.1. The number of aliphatic carboxylic acids is 1. The molecule has 2 aromatic carbocycles.